The van der Waals surface area contributed by atoms with Crippen molar-refractivity contribution in [2.45, 2.75) is 0 Å². The van der Waals surface area contributed by atoms with Crippen molar-refractivity contribution in [1.82, 2.24) is 44.9 Å². The van der Waals surface area contributed by atoms with Gasteiger partial charge in [-0.1, -0.05) is 388 Å². The lowest BCUT2D eigenvalue weighted by Crippen LogP contribution is -1.97. The fourth-order valence-corrected chi connectivity index (χ4v) is 16.8. The quantitative estimate of drug-likeness (QED) is 0.0989. The Morgan fingerprint density at radius 2 is 0.469 bits per heavy atom. The highest BCUT2D eigenvalue weighted by Crippen LogP contribution is 2.41. The molecule has 23 aromatic rings. The van der Waals surface area contributed by atoms with Crippen molar-refractivity contribution in [1.29, 1.82) is 0 Å². The largest absolute Gasteiger partial charge is 0.264 e. The Morgan fingerprint density at radius 1 is 0.172 bits per heavy atom. The van der Waals surface area contributed by atoms with E-state index in [1.54, 1.807) is 18.6 Å². The molecule has 0 atom stereocenters. The highest BCUT2D eigenvalue weighted by atomic mass is 14.9. The topological polar surface area (TPSA) is 116 Å². The number of rotatable bonds is 15. The van der Waals surface area contributed by atoms with Gasteiger partial charge >= 0.3 is 0 Å². The third-order valence-electron chi connectivity index (χ3n) is 23.2. The number of pyridine rings is 3. The number of fused-ring (bicyclic) bond motifs is 5. The maximum atomic E-state index is 8.60. The molecule has 0 saturated heterocycles. The molecule has 23 rings (SSSR count). The van der Waals surface area contributed by atoms with Crippen molar-refractivity contribution >= 4 is 54.0 Å². The lowest BCUT2D eigenvalue weighted by atomic mass is 9.96. The zero-order valence-corrected chi connectivity index (χ0v) is 69.2. The smallest absolute Gasteiger partial charge is 0.161 e. The van der Waals surface area contributed by atoms with Gasteiger partial charge in [0.2, 0.25) is 0 Å². The number of nitrogens with zero attached hydrogens (tertiary/aromatic N) is 9. The fraction of sp³-hybridized carbons (Fsp3) is 0. The second-order valence-corrected chi connectivity index (χ2v) is 31.2. The lowest BCUT2D eigenvalue weighted by Gasteiger charge is -2.13. The van der Waals surface area contributed by atoms with E-state index in [0.29, 0.717) is 23.0 Å². The van der Waals surface area contributed by atoms with Gasteiger partial charge in [-0.05, 0) is 159 Å². The van der Waals surface area contributed by atoms with Crippen LogP contribution in [0.5, 0.6) is 0 Å². The second kappa shape index (κ2) is 35.7. The Kier molecular flexibility index (Phi) is 20.2. The Hall–Kier alpha value is -17.3. The SMILES string of the molecule is [2H]c1c([2H])c([2H])c(-c2nc(-c3ccc(-c4cccc5ccccc45)cc3)cc(-c3cccc(-c4cccnc4)c3)n2)c([2H])c1[2H].c1cc(-c2cc(-c3ccc(-c4cccc5ccccc45)cc3)nc(-c3cccc4ccccc34)n2)cc(-c2cccc3ncccc23)c1.c1ccc(-c2nc(-c3ccc(-c4cccc5ccccc45)cc3)cc(-c3cccc(-c4cccnc4)c3)n2)cc1. The maximum Gasteiger partial charge on any atom is 0.161 e. The molecule has 0 aliphatic carbocycles. The highest BCUT2D eigenvalue weighted by Gasteiger charge is 2.20. The summed E-state index contributed by atoms with van der Waals surface area (Å²) in [6, 6.07) is 142. The first-order valence-corrected chi connectivity index (χ1v) is 42.5. The van der Waals surface area contributed by atoms with Gasteiger partial charge in [0.15, 0.2) is 17.5 Å². The molecule has 600 valence electrons. The average Bonchev–Trinajstić information content (AvgIpc) is 0.745. The number of hydrogen-bond donors (Lipinski definition) is 0. The van der Waals surface area contributed by atoms with Crippen LogP contribution in [0.25, 0.3) is 222 Å². The van der Waals surface area contributed by atoms with Gasteiger partial charge in [-0.2, -0.15) is 0 Å². The van der Waals surface area contributed by atoms with Gasteiger partial charge in [-0.3, -0.25) is 15.0 Å². The van der Waals surface area contributed by atoms with Crippen LogP contribution in [-0.2, 0) is 0 Å². The van der Waals surface area contributed by atoms with Crippen LogP contribution in [0.3, 0.4) is 0 Å². The van der Waals surface area contributed by atoms with Crippen LogP contribution in [0.15, 0.2) is 480 Å². The van der Waals surface area contributed by atoms with E-state index >= 15 is 0 Å². The molecule has 0 N–H and O–H groups in total. The average molecular weight is 1640 g/mol. The molecular weight excluding hydrogens is 1560 g/mol. The monoisotopic (exact) mass is 1640 g/mol. The third-order valence-corrected chi connectivity index (χ3v) is 23.2. The van der Waals surface area contributed by atoms with E-state index in [4.69, 9.17) is 36.8 Å². The summed E-state index contributed by atoms with van der Waals surface area (Å²) in [5.74, 6) is 1.47. The summed E-state index contributed by atoms with van der Waals surface area (Å²) in [7, 11) is 0. The number of aromatic nitrogens is 9. The summed E-state index contributed by atoms with van der Waals surface area (Å²) in [5.41, 5.74) is 26.7. The van der Waals surface area contributed by atoms with Crippen molar-refractivity contribution in [3.05, 3.63) is 480 Å². The Labute approximate surface area is 749 Å². The second-order valence-electron chi connectivity index (χ2n) is 31.2. The normalized spacial score (nSPS) is 11.7. The maximum absolute atomic E-state index is 8.60. The minimum absolute atomic E-state index is 0.0418. The van der Waals surface area contributed by atoms with Crippen LogP contribution in [-0.4, -0.2) is 44.9 Å². The van der Waals surface area contributed by atoms with Crippen molar-refractivity contribution < 1.29 is 6.85 Å². The van der Waals surface area contributed by atoms with Crippen molar-refractivity contribution in [2.75, 3.05) is 0 Å². The lowest BCUT2D eigenvalue weighted by molar-refractivity contribution is 1.18. The number of hydrogen-bond acceptors (Lipinski definition) is 9. The molecule has 0 saturated carbocycles. The molecule has 6 aromatic heterocycles. The van der Waals surface area contributed by atoms with E-state index < -0.39 is 18.1 Å². The Morgan fingerprint density at radius 3 is 0.898 bits per heavy atom. The Balaban J connectivity index is 0.000000121. The molecule has 9 nitrogen and oxygen atoms in total. The van der Waals surface area contributed by atoms with Gasteiger partial charge < -0.3 is 0 Å². The molecular formula is C119H79N9. The molecule has 0 aliphatic rings. The third kappa shape index (κ3) is 16.6. The first-order valence-electron chi connectivity index (χ1n) is 45.0. The summed E-state index contributed by atoms with van der Waals surface area (Å²) in [4.78, 5) is 43.1. The van der Waals surface area contributed by atoms with Gasteiger partial charge in [-0.25, -0.2) is 29.9 Å². The van der Waals surface area contributed by atoms with Gasteiger partial charge in [0.1, 0.15) is 0 Å². The van der Waals surface area contributed by atoms with Crippen LogP contribution in [0.4, 0.5) is 0 Å². The highest BCUT2D eigenvalue weighted by molar-refractivity contribution is 6.01. The van der Waals surface area contributed by atoms with E-state index in [-0.39, 0.29) is 23.5 Å². The Bertz CT molecular complexity index is 8260. The molecule has 0 unspecified atom stereocenters. The van der Waals surface area contributed by atoms with Crippen molar-refractivity contribution in [3.63, 3.8) is 0 Å². The standard InChI is InChI=1S/C45H29N3.2C37H25N3/c1-3-16-36-30(10-1)12-6-18-37(36)32-23-25-33(26-24-32)43-29-44(48-45(47-43)41-20-7-13-31-11-2-4-17-38(31)41)35-15-5-14-34(28-35)39-19-8-22-42-40(39)21-9-27-46-42;2*1-2-10-29(11-3-1)37-39-35(24-36(40-37)31-14-6-13-30(23-31)32-15-8-22-38-25-32)28-20-18-27(19-21-28)34-17-7-12-26-9-4-5-16-33(26)34/h1-29H;2*1-25H/i;1D,2D,3D,10D,11D;. The first-order chi connectivity index (χ1) is 65.5. The van der Waals surface area contributed by atoms with Gasteiger partial charge in [0.25, 0.3) is 0 Å². The zero-order valence-electron chi connectivity index (χ0n) is 74.2. The van der Waals surface area contributed by atoms with E-state index in [1.165, 1.54) is 43.8 Å². The van der Waals surface area contributed by atoms with Crippen molar-refractivity contribution in [2.24, 2.45) is 0 Å². The minimum Gasteiger partial charge on any atom is -0.264 e. The van der Waals surface area contributed by atoms with Crippen molar-refractivity contribution in [3.8, 4) is 168 Å². The first kappa shape index (κ1) is 72.4. The summed E-state index contributed by atoms with van der Waals surface area (Å²) in [6.45, 7) is 0. The van der Waals surface area contributed by atoms with Crippen LogP contribution in [0, 0.1) is 0 Å². The molecule has 0 bridgehead atoms. The molecule has 128 heavy (non-hydrogen) atoms. The number of benzene rings is 17. The summed E-state index contributed by atoms with van der Waals surface area (Å²) >= 11 is 0. The molecule has 0 fully saturated rings. The molecule has 9 heteroatoms. The molecule has 0 aliphatic heterocycles. The van der Waals surface area contributed by atoms with Crippen LogP contribution in [0.2, 0.25) is 0 Å². The summed E-state index contributed by atoms with van der Waals surface area (Å²) in [5, 5.41) is 10.7. The van der Waals surface area contributed by atoms with E-state index in [1.807, 2.05) is 128 Å². The van der Waals surface area contributed by atoms with E-state index in [9.17, 15) is 0 Å². The summed E-state index contributed by atoms with van der Waals surface area (Å²) in [6.07, 6.45) is 9.04. The molecule has 17 aromatic carbocycles. The minimum atomic E-state index is -0.460. The fourth-order valence-electron chi connectivity index (χ4n) is 16.8. The van der Waals surface area contributed by atoms with E-state index in [2.05, 4.69) is 318 Å². The van der Waals surface area contributed by atoms with Gasteiger partial charge in [0.05, 0.1) is 46.5 Å². The summed E-state index contributed by atoms with van der Waals surface area (Å²) < 4.78 is 41.7. The predicted octanol–water partition coefficient (Wildman–Crippen LogP) is 30.4. The predicted molar refractivity (Wildman–Crippen MR) is 529 cm³/mol. The van der Waals surface area contributed by atoms with Crippen LogP contribution >= 0.6 is 0 Å². The van der Waals surface area contributed by atoms with Crippen LogP contribution in [0.1, 0.15) is 6.85 Å². The van der Waals surface area contributed by atoms with Gasteiger partial charge in [0, 0.05) is 97.6 Å². The zero-order chi connectivity index (χ0) is 89.7. The molecule has 0 radical (unpaired) electrons. The van der Waals surface area contributed by atoms with E-state index in [0.717, 1.165) is 144 Å². The van der Waals surface area contributed by atoms with Gasteiger partial charge in [-0.15, -0.1) is 0 Å². The molecule has 0 amide bonds. The van der Waals surface area contributed by atoms with Crippen LogP contribution < -0.4 is 0 Å². The molecule has 6 heterocycles. The molecule has 0 spiro atoms.